The predicted octanol–water partition coefficient (Wildman–Crippen LogP) is 4.51. The van der Waals surface area contributed by atoms with Crippen LogP contribution in [0, 0.1) is 5.92 Å². The molecule has 0 bridgehead atoms. The Morgan fingerprint density at radius 2 is 1.81 bits per heavy atom. The number of methoxy groups -OCH3 is 1. The van der Waals surface area contributed by atoms with Gasteiger partial charge < -0.3 is 15.4 Å². The molecule has 5 heteroatoms. The number of amides is 1. The fourth-order valence-electron chi connectivity index (χ4n) is 2.65. The Morgan fingerprint density at radius 3 is 2.42 bits per heavy atom. The third kappa shape index (κ3) is 5.85. The van der Waals surface area contributed by atoms with Gasteiger partial charge in [0, 0.05) is 11.8 Å². The van der Waals surface area contributed by atoms with Crippen LogP contribution in [-0.2, 0) is 11.2 Å². The van der Waals surface area contributed by atoms with Gasteiger partial charge in [0.2, 0.25) is 5.91 Å². The quantitative estimate of drug-likeness (QED) is 0.735. The molecule has 0 aliphatic rings. The summed E-state index contributed by atoms with van der Waals surface area (Å²) in [7, 11) is 1.60. The first kappa shape index (κ1) is 19.9. The Bertz CT molecular complexity index is 757. The molecule has 0 spiro atoms. The van der Waals surface area contributed by atoms with Crippen LogP contribution in [-0.4, -0.2) is 18.1 Å². The topological polar surface area (TPSA) is 50.4 Å². The molecule has 1 atom stereocenters. The maximum atomic E-state index is 12.5. The summed E-state index contributed by atoms with van der Waals surface area (Å²) in [4.78, 5) is 12.5. The van der Waals surface area contributed by atoms with E-state index < -0.39 is 0 Å². The number of anilines is 1. The summed E-state index contributed by atoms with van der Waals surface area (Å²) >= 11 is 5.25. The van der Waals surface area contributed by atoms with Crippen molar-refractivity contribution in [2.45, 2.75) is 33.1 Å². The van der Waals surface area contributed by atoms with Gasteiger partial charge >= 0.3 is 0 Å². The average Bonchev–Trinajstić information content (AvgIpc) is 2.61. The molecule has 0 aliphatic carbocycles. The van der Waals surface area contributed by atoms with Gasteiger partial charge in [-0.2, -0.15) is 0 Å². The molecule has 2 N–H and O–H groups in total. The number of nitrogens with one attached hydrogen (secondary N) is 2. The van der Waals surface area contributed by atoms with Crippen LogP contribution in [0.5, 0.6) is 5.75 Å². The first-order chi connectivity index (χ1) is 12.4. The van der Waals surface area contributed by atoms with Crippen molar-refractivity contribution in [3.63, 3.8) is 0 Å². The second kappa shape index (κ2) is 9.34. The molecular formula is C21H26N2O2S. The van der Waals surface area contributed by atoms with Crippen LogP contribution in [0.2, 0.25) is 0 Å². The molecule has 0 aliphatic heterocycles. The summed E-state index contributed by atoms with van der Waals surface area (Å²) in [6.07, 6.45) is 1.04. The highest BCUT2D eigenvalue weighted by molar-refractivity contribution is 7.80. The summed E-state index contributed by atoms with van der Waals surface area (Å²) in [6, 6.07) is 15.6. The maximum Gasteiger partial charge on any atom is 0.233 e. The van der Waals surface area contributed by atoms with Crippen molar-refractivity contribution in [2.24, 2.45) is 5.92 Å². The van der Waals surface area contributed by atoms with E-state index in [-0.39, 0.29) is 16.9 Å². The van der Waals surface area contributed by atoms with Crippen LogP contribution in [0.15, 0.2) is 48.5 Å². The Balaban J connectivity index is 1.94. The van der Waals surface area contributed by atoms with Crippen LogP contribution in [0.4, 0.5) is 5.69 Å². The van der Waals surface area contributed by atoms with Gasteiger partial charge in [-0.25, -0.2) is 0 Å². The number of hydrogen-bond acceptors (Lipinski definition) is 3. The molecule has 0 aromatic heterocycles. The van der Waals surface area contributed by atoms with Gasteiger partial charge in [0.1, 0.15) is 5.75 Å². The lowest BCUT2D eigenvalue weighted by molar-refractivity contribution is -0.120. The molecule has 2 rings (SSSR count). The van der Waals surface area contributed by atoms with E-state index in [1.807, 2.05) is 43.3 Å². The van der Waals surface area contributed by atoms with Crippen LogP contribution in [0.1, 0.15) is 37.8 Å². The van der Waals surface area contributed by atoms with E-state index in [1.165, 1.54) is 5.56 Å². The Labute approximate surface area is 161 Å². The highest BCUT2D eigenvalue weighted by Gasteiger charge is 2.16. The van der Waals surface area contributed by atoms with Crippen LogP contribution in [0.25, 0.3) is 0 Å². The van der Waals surface area contributed by atoms with E-state index >= 15 is 0 Å². The smallest absolute Gasteiger partial charge is 0.233 e. The molecule has 0 saturated carbocycles. The molecular weight excluding hydrogens is 344 g/mol. The normalized spacial score (nSPS) is 11.7. The second-order valence-electron chi connectivity index (χ2n) is 6.74. The summed E-state index contributed by atoms with van der Waals surface area (Å²) in [5.41, 5.74) is 3.02. The van der Waals surface area contributed by atoms with Gasteiger partial charge in [-0.1, -0.05) is 44.2 Å². The van der Waals surface area contributed by atoms with E-state index in [1.54, 1.807) is 7.11 Å². The number of hydrogen-bond donors (Lipinski definition) is 2. The van der Waals surface area contributed by atoms with E-state index in [0.29, 0.717) is 5.92 Å². The van der Waals surface area contributed by atoms with E-state index in [4.69, 9.17) is 17.0 Å². The molecule has 1 amide bonds. The zero-order valence-electron chi connectivity index (χ0n) is 15.7. The fraction of sp³-hybridized carbons (Fsp3) is 0.333. The van der Waals surface area contributed by atoms with E-state index in [9.17, 15) is 4.79 Å². The first-order valence-electron chi connectivity index (χ1n) is 8.73. The molecule has 138 valence electrons. The minimum absolute atomic E-state index is 0.137. The minimum atomic E-state index is -0.284. The molecule has 2 aromatic carbocycles. The largest absolute Gasteiger partial charge is 0.497 e. The van der Waals surface area contributed by atoms with Crippen molar-refractivity contribution in [2.75, 3.05) is 12.4 Å². The molecule has 26 heavy (non-hydrogen) atoms. The number of carbonyl (C=O) groups is 1. The van der Waals surface area contributed by atoms with Crippen molar-refractivity contribution in [3.05, 3.63) is 59.7 Å². The standard InChI is InChI=1S/C21H26N2O2S/c1-14(2)12-16-8-10-17(11-9-16)15(3)20(24)23-21(26)22-18-6-5-7-19(13-18)25-4/h5-11,13-15H,12H2,1-4H3,(H2,22,23,24,26). The average molecular weight is 371 g/mol. The van der Waals surface area contributed by atoms with Gasteiger partial charge in [-0.15, -0.1) is 0 Å². The van der Waals surface area contributed by atoms with Crippen LogP contribution >= 0.6 is 12.2 Å². The lowest BCUT2D eigenvalue weighted by atomic mass is 9.96. The Hall–Kier alpha value is -2.40. The number of carbonyl (C=O) groups excluding carboxylic acids is 1. The van der Waals surface area contributed by atoms with Crippen LogP contribution in [0.3, 0.4) is 0 Å². The van der Waals surface area contributed by atoms with Gasteiger partial charge in [0.15, 0.2) is 5.11 Å². The maximum absolute atomic E-state index is 12.5. The molecule has 2 aromatic rings. The summed E-state index contributed by atoms with van der Waals surface area (Å²) in [6.45, 7) is 6.27. The SMILES string of the molecule is COc1cccc(NC(=S)NC(=O)C(C)c2ccc(CC(C)C)cc2)c1. The third-order valence-electron chi connectivity index (χ3n) is 4.08. The van der Waals surface area contributed by atoms with Crippen LogP contribution < -0.4 is 15.4 Å². The lowest BCUT2D eigenvalue weighted by Crippen LogP contribution is -2.36. The van der Waals surface area contributed by atoms with E-state index in [2.05, 4.69) is 36.6 Å². The third-order valence-corrected chi connectivity index (χ3v) is 4.29. The van der Waals surface area contributed by atoms with Crippen molar-refractivity contribution < 1.29 is 9.53 Å². The molecule has 1 unspecified atom stereocenters. The number of rotatable bonds is 6. The fourth-order valence-corrected chi connectivity index (χ4v) is 2.87. The van der Waals surface area contributed by atoms with Gasteiger partial charge in [0.25, 0.3) is 0 Å². The molecule has 4 nitrogen and oxygen atoms in total. The summed E-state index contributed by atoms with van der Waals surface area (Å²) in [5, 5.41) is 6.03. The second-order valence-corrected chi connectivity index (χ2v) is 7.14. The van der Waals surface area contributed by atoms with E-state index in [0.717, 1.165) is 23.4 Å². The highest BCUT2D eigenvalue weighted by Crippen LogP contribution is 2.19. The Morgan fingerprint density at radius 1 is 1.12 bits per heavy atom. The summed E-state index contributed by atoms with van der Waals surface area (Å²) < 4.78 is 5.18. The minimum Gasteiger partial charge on any atom is -0.497 e. The van der Waals surface area contributed by atoms with Crippen molar-refractivity contribution >= 4 is 28.9 Å². The van der Waals surface area contributed by atoms with Crippen molar-refractivity contribution in [1.82, 2.24) is 5.32 Å². The molecule has 0 fully saturated rings. The molecule has 0 saturated heterocycles. The lowest BCUT2D eigenvalue weighted by Gasteiger charge is -2.15. The highest BCUT2D eigenvalue weighted by atomic mass is 32.1. The van der Waals surface area contributed by atoms with Crippen molar-refractivity contribution in [3.8, 4) is 5.75 Å². The predicted molar refractivity (Wildman–Crippen MR) is 111 cm³/mol. The number of benzene rings is 2. The monoisotopic (exact) mass is 370 g/mol. The number of thiocarbonyl (C=S) groups is 1. The molecule has 0 heterocycles. The van der Waals surface area contributed by atoms with Gasteiger partial charge in [-0.3, -0.25) is 4.79 Å². The van der Waals surface area contributed by atoms with Crippen molar-refractivity contribution in [1.29, 1.82) is 0 Å². The summed E-state index contributed by atoms with van der Waals surface area (Å²) in [5.74, 6) is 0.913. The Kier molecular flexibility index (Phi) is 7.16. The number of ether oxygens (including phenoxy) is 1. The zero-order chi connectivity index (χ0) is 19.1. The zero-order valence-corrected chi connectivity index (χ0v) is 16.5. The molecule has 0 radical (unpaired) electrons. The first-order valence-corrected chi connectivity index (χ1v) is 9.14. The van der Waals surface area contributed by atoms with Gasteiger partial charge in [-0.05, 0) is 54.7 Å². The van der Waals surface area contributed by atoms with Gasteiger partial charge in [0.05, 0.1) is 13.0 Å².